The molecule has 1 aromatic carbocycles. The van der Waals surface area contributed by atoms with Gasteiger partial charge in [-0.05, 0) is 43.0 Å². The molecular weight excluding hydrogens is 308 g/mol. The molecule has 1 saturated carbocycles. The summed E-state index contributed by atoms with van der Waals surface area (Å²) < 4.78 is 3.57. The standard InChI is InChI=1S/C17H18N4O.2H2O/c1-20-16-15(21(17(20)22)10-11-5-6-11)8-7-14(19-16)12-3-2-4-13(18)9-12;;/h2-4,7-9,11H,5-6,10,18H2,1H3;2*1H2. The number of aromatic nitrogens is 3. The summed E-state index contributed by atoms with van der Waals surface area (Å²) in [6.45, 7) is 0.821. The minimum Gasteiger partial charge on any atom is -0.870 e. The van der Waals surface area contributed by atoms with Gasteiger partial charge < -0.3 is 16.7 Å². The smallest absolute Gasteiger partial charge is 0.416 e. The van der Waals surface area contributed by atoms with Crippen molar-refractivity contribution in [2.45, 2.75) is 19.4 Å². The molecule has 0 bridgehead atoms. The maximum atomic E-state index is 12.4. The molecule has 24 heavy (non-hydrogen) atoms. The van der Waals surface area contributed by atoms with Gasteiger partial charge in [0, 0.05) is 17.8 Å². The highest BCUT2D eigenvalue weighted by atomic mass is 16.1. The lowest BCUT2D eigenvalue weighted by Crippen LogP contribution is -2.23. The van der Waals surface area contributed by atoms with Gasteiger partial charge in [-0.2, -0.15) is 4.57 Å². The lowest BCUT2D eigenvalue weighted by Gasteiger charge is -2.01. The number of nitrogen functional groups attached to an aromatic ring is 1. The van der Waals surface area contributed by atoms with E-state index in [1.165, 1.54) is 12.8 Å². The van der Waals surface area contributed by atoms with Crippen molar-refractivity contribution >= 4 is 16.9 Å². The highest BCUT2D eigenvalue weighted by molar-refractivity contribution is 5.72. The van der Waals surface area contributed by atoms with Gasteiger partial charge in [-0.3, -0.25) is 4.57 Å². The summed E-state index contributed by atoms with van der Waals surface area (Å²) in [5.41, 5.74) is 10.4. The van der Waals surface area contributed by atoms with Crippen LogP contribution in [-0.2, 0) is 13.6 Å². The molecule has 0 amide bonds. The highest BCUT2D eigenvalue weighted by Crippen LogP contribution is 2.31. The Morgan fingerprint density at radius 1 is 1.25 bits per heavy atom. The molecule has 2 aromatic heterocycles. The van der Waals surface area contributed by atoms with E-state index in [-0.39, 0.29) is 16.6 Å². The Kier molecular flexibility index (Phi) is 4.77. The molecule has 2 heterocycles. The first-order chi connectivity index (χ1) is 10.6. The number of nitrogens with zero attached hydrogens (tertiary/aromatic N) is 2. The molecule has 0 spiro atoms. The zero-order chi connectivity index (χ0) is 15.3. The van der Waals surface area contributed by atoms with E-state index in [1.54, 1.807) is 4.57 Å². The number of hydrogen-bond donors (Lipinski definition) is 1. The topological polar surface area (TPSA) is 129 Å². The van der Waals surface area contributed by atoms with Gasteiger partial charge in [-0.15, -0.1) is 0 Å². The van der Waals surface area contributed by atoms with Crippen LogP contribution in [0.4, 0.5) is 5.69 Å². The van der Waals surface area contributed by atoms with Crippen molar-refractivity contribution in [1.82, 2.24) is 9.13 Å². The van der Waals surface area contributed by atoms with E-state index < -0.39 is 0 Å². The Morgan fingerprint density at radius 3 is 2.67 bits per heavy atom. The Labute approximate surface area is 139 Å². The number of hydrogen-bond acceptors (Lipinski definition) is 3. The zero-order valence-electron chi connectivity index (χ0n) is 13.5. The fourth-order valence-corrected chi connectivity index (χ4v) is 2.94. The van der Waals surface area contributed by atoms with Gasteiger partial charge >= 0.3 is 11.3 Å². The summed E-state index contributed by atoms with van der Waals surface area (Å²) in [5, 5.41) is 0. The third-order valence-corrected chi connectivity index (χ3v) is 4.38. The van der Waals surface area contributed by atoms with Crippen LogP contribution in [0, 0.1) is 5.92 Å². The van der Waals surface area contributed by atoms with E-state index in [0.717, 1.165) is 34.7 Å². The predicted octanol–water partition coefficient (Wildman–Crippen LogP) is 0.812. The third kappa shape index (κ3) is 2.91. The fourth-order valence-electron chi connectivity index (χ4n) is 2.94. The number of aromatic amines is 1. The number of nitrogens with one attached hydrogen (secondary N) is 1. The number of rotatable bonds is 3. The first-order valence-electron chi connectivity index (χ1n) is 7.61. The fraction of sp³-hybridized carbons (Fsp3) is 0.294. The van der Waals surface area contributed by atoms with Crippen molar-refractivity contribution in [3.8, 4) is 11.3 Å². The zero-order valence-corrected chi connectivity index (χ0v) is 13.5. The first kappa shape index (κ1) is 17.7. The van der Waals surface area contributed by atoms with Crippen molar-refractivity contribution < 1.29 is 15.9 Å². The maximum Gasteiger partial charge on any atom is 0.416 e. The summed E-state index contributed by atoms with van der Waals surface area (Å²) in [5.74, 6) is 0.664. The molecule has 3 aromatic rings. The minimum atomic E-state index is 0. The molecule has 0 unspecified atom stereocenters. The van der Waals surface area contributed by atoms with Gasteiger partial charge in [0.2, 0.25) is 0 Å². The van der Waals surface area contributed by atoms with Crippen LogP contribution in [0.25, 0.3) is 22.4 Å². The monoisotopic (exact) mass is 330 g/mol. The second-order valence-corrected chi connectivity index (χ2v) is 6.13. The second-order valence-electron chi connectivity index (χ2n) is 6.13. The Hall–Kier alpha value is -2.64. The van der Waals surface area contributed by atoms with Crippen LogP contribution in [-0.4, -0.2) is 20.1 Å². The van der Waals surface area contributed by atoms with Gasteiger partial charge in [-0.25, -0.2) is 9.78 Å². The lowest BCUT2D eigenvalue weighted by atomic mass is 10.1. The average molecular weight is 330 g/mol. The molecule has 128 valence electrons. The highest BCUT2D eigenvalue weighted by Gasteiger charge is 2.26. The normalized spacial score (nSPS) is 13.4. The number of pyridine rings is 1. The van der Waals surface area contributed by atoms with Crippen LogP contribution in [0.1, 0.15) is 12.8 Å². The van der Waals surface area contributed by atoms with Gasteiger partial charge in [0.1, 0.15) is 11.2 Å². The summed E-state index contributed by atoms with van der Waals surface area (Å²) >= 11 is 0. The van der Waals surface area contributed by atoms with Crippen LogP contribution >= 0.6 is 0 Å². The van der Waals surface area contributed by atoms with E-state index in [1.807, 2.05) is 48.0 Å². The van der Waals surface area contributed by atoms with Gasteiger partial charge in [0.15, 0.2) is 0 Å². The number of imidazole rings is 1. The number of H-pyrrole nitrogens is 1. The molecular formula is C17H22N4O3. The van der Waals surface area contributed by atoms with Crippen molar-refractivity contribution in [1.29, 1.82) is 0 Å². The predicted molar refractivity (Wildman–Crippen MR) is 91.9 cm³/mol. The molecule has 1 aliphatic rings. The summed E-state index contributed by atoms with van der Waals surface area (Å²) in [4.78, 5) is 15.8. The first-order valence-corrected chi connectivity index (χ1v) is 7.61. The van der Waals surface area contributed by atoms with Crippen molar-refractivity contribution in [2.24, 2.45) is 13.0 Å². The minimum absolute atomic E-state index is 0. The lowest BCUT2D eigenvalue weighted by molar-refractivity contribution is -0.335. The van der Waals surface area contributed by atoms with Gasteiger partial charge in [-0.1, -0.05) is 12.1 Å². The van der Waals surface area contributed by atoms with Crippen LogP contribution in [0.15, 0.2) is 41.2 Å². The van der Waals surface area contributed by atoms with Crippen molar-refractivity contribution in [3.63, 3.8) is 0 Å². The summed E-state index contributed by atoms with van der Waals surface area (Å²) in [6, 6.07) is 11.8. The largest absolute Gasteiger partial charge is 0.870 e. The molecule has 4 rings (SSSR count). The molecule has 0 saturated heterocycles. The Bertz CT molecular complexity index is 925. The molecule has 7 nitrogen and oxygen atoms in total. The molecule has 6 N–H and O–H groups in total. The van der Waals surface area contributed by atoms with E-state index in [4.69, 9.17) is 5.73 Å². The maximum absolute atomic E-state index is 12.4. The van der Waals surface area contributed by atoms with Crippen molar-refractivity contribution in [3.05, 3.63) is 46.9 Å². The number of benzene rings is 1. The quantitative estimate of drug-likeness (QED) is 0.713. The van der Waals surface area contributed by atoms with Crippen LogP contribution < -0.4 is 16.4 Å². The molecule has 0 aliphatic heterocycles. The number of anilines is 1. The van der Waals surface area contributed by atoms with E-state index in [9.17, 15) is 4.79 Å². The van der Waals surface area contributed by atoms with Crippen LogP contribution in [0.2, 0.25) is 0 Å². The SMILES string of the molecule is Cn1c(=O)n(CC2CC2)c2ccc(-c3cccc(N)c3)[nH+]c21.O.[OH-]. The molecule has 0 atom stereocenters. The van der Waals surface area contributed by atoms with Crippen LogP contribution in [0.5, 0.6) is 0 Å². The second kappa shape index (κ2) is 6.46. The van der Waals surface area contributed by atoms with Crippen LogP contribution in [0.3, 0.4) is 0 Å². The van der Waals surface area contributed by atoms with Gasteiger partial charge in [0.05, 0.1) is 7.05 Å². The number of nitrogens with two attached hydrogens (primary N) is 1. The van der Waals surface area contributed by atoms with Crippen molar-refractivity contribution in [2.75, 3.05) is 5.73 Å². The van der Waals surface area contributed by atoms with E-state index in [0.29, 0.717) is 5.92 Å². The summed E-state index contributed by atoms with van der Waals surface area (Å²) in [7, 11) is 1.81. The van der Waals surface area contributed by atoms with E-state index >= 15 is 0 Å². The molecule has 7 heteroatoms. The molecule has 1 aliphatic carbocycles. The Morgan fingerprint density at radius 2 is 2.00 bits per heavy atom. The summed E-state index contributed by atoms with van der Waals surface area (Å²) in [6.07, 6.45) is 2.46. The number of fused-ring (bicyclic) bond motifs is 1. The third-order valence-electron chi connectivity index (χ3n) is 4.38. The molecule has 0 radical (unpaired) electrons. The molecule has 1 fully saturated rings. The average Bonchev–Trinajstić information content (AvgIpc) is 3.31. The van der Waals surface area contributed by atoms with E-state index in [2.05, 4.69) is 4.98 Å². The van der Waals surface area contributed by atoms with Gasteiger partial charge in [0.25, 0.3) is 0 Å². The number of aryl methyl sites for hydroxylation is 1. The Balaban J connectivity index is 0.00000104.